The number of halogens is 3. The van der Waals surface area contributed by atoms with Crippen molar-refractivity contribution in [2.75, 3.05) is 5.73 Å². The molecule has 6 heteroatoms. The van der Waals surface area contributed by atoms with Gasteiger partial charge < -0.3 is 10.8 Å². The molecular weight excluding hydrogens is 595 g/mol. The Kier molecular flexibility index (Phi) is 5.65. The van der Waals surface area contributed by atoms with Gasteiger partial charge in [0.1, 0.15) is 6.10 Å². The maximum Gasteiger partial charge on any atom is 0.196 e. The zero-order valence-electron chi connectivity index (χ0n) is 10.1. The number of rotatable bonds is 3. The molecular formula is C14H10I3NO2. The van der Waals surface area contributed by atoms with E-state index in [1.165, 1.54) is 0 Å². The van der Waals surface area contributed by atoms with E-state index in [1.807, 2.05) is 6.07 Å². The Morgan fingerprint density at radius 2 is 1.65 bits per heavy atom. The highest BCUT2D eigenvalue weighted by molar-refractivity contribution is 14.1. The van der Waals surface area contributed by atoms with Crippen LogP contribution in [0.15, 0.2) is 36.4 Å². The summed E-state index contributed by atoms with van der Waals surface area (Å²) in [4.78, 5) is 12.5. The van der Waals surface area contributed by atoms with Gasteiger partial charge in [-0.1, -0.05) is 30.3 Å². The average Bonchev–Trinajstić information content (AvgIpc) is 2.48. The number of carbonyl (C=O) groups excluding carboxylic acids is 1. The van der Waals surface area contributed by atoms with Crippen molar-refractivity contribution >= 4 is 79.2 Å². The van der Waals surface area contributed by atoms with Gasteiger partial charge >= 0.3 is 0 Å². The zero-order valence-corrected chi connectivity index (χ0v) is 16.6. The molecule has 1 atom stereocenters. The third-order valence-corrected chi connectivity index (χ3v) is 8.23. The van der Waals surface area contributed by atoms with Gasteiger partial charge in [0.05, 0.1) is 3.57 Å². The Labute approximate surface area is 157 Å². The van der Waals surface area contributed by atoms with Crippen molar-refractivity contribution < 1.29 is 9.90 Å². The van der Waals surface area contributed by atoms with Crippen molar-refractivity contribution in [2.24, 2.45) is 0 Å². The van der Waals surface area contributed by atoms with Crippen molar-refractivity contribution in [2.45, 2.75) is 6.10 Å². The van der Waals surface area contributed by atoms with Crippen LogP contribution in [-0.4, -0.2) is 10.9 Å². The smallest absolute Gasteiger partial charge is 0.196 e. The van der Waals surface area contributed by atoms with Crippen LogP contribution in [0.3, 0.4) is 0 Å². The van der Waals surface area contributed by atoms with E-state index < -0.39 is 6.10 Å². The summed E-state index contributed by atoms with van der Waals surface area (Å²) in [6.45, 7) is 0. The van der Waals surface area contributed by atoms with Gasteiger partial charge in [-0.3, -0.25) is 4.79 Å². The number of benzene rings is 2. The largest absolute Gasteiger partial charge is 0.398 e. The number of nitrogens with two attached hydrogens (primary N) is 1. The Morgan fingerprint density at radius 3 is 2.25 bits per heavy atom. The molecule has 0 fully saturated rings. The monoisotopic (exact) mass is 605 g/mol. The molecule has 20 heavy (non-hydrogen) atoms. The Hall–Kier alpha value is 0.0600. The Bertz CT molecular complexity index is 659. The molecule has 1 unspecified atom stereocenters. The Morgan fingerprint density at radius 1 is 1.05 bits per heavy atom. The minimum absolute atomic E-state index is 0.332. The van der Waals surface area contributed by atoms with Crippen LogP contribution >= 0.6 is 67.8 Å². The second kappa shape index (κ2) is 6.88. The average molecular weight is 605 g/mol. The summed E-state index contributed by atoms with van der Waals surface area (Å²) < 4.78 is 2.69. The van der Waals surface area contributed by atoms with Crippen LogP contribution in [0.2, 0.25) is 0 Å². The molecule has 2 rings (SSSR count). The molecule has 0 bridgehead atoms. The number of anilines is 1. The second-order valence-electron chi connectivity index (χ2n) is 4.13. The van der Waals surface area contributed by atoms with Crippen LogP contribution in [0.5, 0.6) is 0 Å². The lowest BCUT2D eigenvalue weighted by Crippen LogP contribution is -2.15. The van der Waals surface area contributed by atoms with Crippen LogP contribution in [0.25, 0.3) is 0 Å². The standard InChI is InChI=1S/C14H10I3NO2/c15-10-8(6-9(18)11(16)12(10)17)14(20)13(19)7-4-2-1-3-5-7/h1-6,13,19H,18H2. The molecule has 3 nitrogen and oxygen atoms in total. The van der Waals surface area contributed by atoms with Gasteiger partial charge in [0.25, 0.3) is 0 Å². The molecule has 0 heterocycles. The normalized spacial score (nSPS) is 12.2. The lowest BCUT2D eigenvalue weighted by Gasteiger charge is -2.14. The first-order chi connectivity index (χ1) is 9.43. The highest BCUT2D eigenvalue weighted by Crippen LogP contribution is 2.31. The molecule has 104 valence electrons. The zero-order chi connectivity index (χ0) is 14.9. The minimum atomic E-state index is -1.17. The molecule has 0 radical (unpaired) electrons. The van der Waals surface area contributed by atoms with E-state index in [0.717, 1.165) is 10.7 Å². The van der Waals surface area contributed by atoms with E-state index >= 15 is 0 Å². The van der Waals surface area contributed by atoms with Crippen LogP contribution < -0.4 is 5.73 Å². The lowest BCUT2D eigenvalue weighted by atomic mass is 10.00. The van der Waals surface area contributed by atoms with E-state index in [-0.39, 0.29) is 5.78 Å². The molecule has 0 aliphatic rings. The van der Waals surface area contributed by atoms with E-state index in [1.54, 1.807) is 30.3 Å². The number of carbonyl (C=O) groups is 1. The van der Waals surface area contributed by atoms with Gasteiger partial charge in [0.2, 0.25) is 0 Å². The number of hydrogen-bond acceptors (Lipinski definition) is 3. The lowest BCUT2D eigenvalue weighted by molar-refractivity contribution is 0.0746. The molecule has 0 aromatic heterocycles. The van der Waals surface area contributed by atoms with E-state index in [9.17, 15) is 9.90 Å². The van der Waals surface area contributed by atoms with Gasteiger partial charge in [-0.25, -0.2) is 0 Å². The summed E-state index contributed by atoms with van der Waals surface area (Å²) in [7, 11) is 0. The molecule has 0 saturated heterocycles. The molecule has 3 N–H and O–H groups in total. The maximum absolute atomic E-state index is 12.5. The molecule has 0 aliphatic carbocycles. The predicted molar refractivity (Wildman–Crippen MR) is 105 cm³/mol. The highest BCUT2D eigenvalue weighted by atomic mass is 127. The number of nitrogen functional groups attached to an aromatic ring is 1. The maximum atomic E-state index is 12.5. The number of Topliss-reactive ketones (excluding diaryl/α,β-unsaturated/α-hetero) is 1. The van der Waals surface area contributed by atoms with Gasteiger partial charge in [-0.15, -0.1) is 0 Å². The SMILES string of the molecule is Nc1cc(C(=O)C(O)c2ccccc2)c(I)c(I)c1I. The van der Waals surface area contributed by atoms with E-state index in [2.05, 4.69) is 67.8 Å². The molecule has 0 spiro atoms. The molecule has 0 aliphatic heterocycles. The highest BCUT2D eigenvalue weighted by Gasteiger charge is 2.23. The van der Waals surface area contributed by atoms with Gasteiger partial charge in [-0.2, -0.15) is 0 Å². The molecule has 0 amide bonds. The predicted octanol–water partition coefficient (Wildman–Crippen LogP) is 4.00. The number of ketones is 1. The van der Waals surface area contributed by atoms with Crippen molar-refractivity contribution in [3.8, 4) is 0 Å². The first-order valence-corrected chi connectivity index (χ1v) is 8.87. The second-order valence-corrected chi connectivity index (χ2v) is 7.37. The van der Waals surface area contributed by atoms with E-state index in [4.69, 9.17) is 5.73 Å². The summed E-state index contributed by atoms with van der Waals surface area (Å²) in [5.74, 6) is -0.332. The number of hydrogen-bond donors (Lipinski definition) is 2. The van der Waals surface area contributed by atoms with Crippen LogP contribution in [0.4, 0.5) is 5.69 Å². The third kappa shape index (κ3) is 3.28. The fraction of sp³-hybridized carbons (Fsp3) is 0.0714. The van der Waals surface area contributed by atoms with Crippen LogP contribution in [0.1, 0.15) is 22.0 Å². The Balaban J connectivity index is 2.45. The fourth-order valence-electron chi connectivity index (χ4n) is 1.74. The first kappa shape index (κ1) is 16.4. The van der Waals surface area contributed by atoms with Gasteiger partial charge in [0.15, 0.2) is 5.78 Å². The molecule has 2 aromatic rings. The van der Waals surface area contributed by atoms with Crippen LogP contribution in [-0.2, 0) is 0 Å². The first-order valence-electron chi connectivity index (χ1n) is 5.63. The fourth-order valence-corrected chi connectivity index (χ4v) is 3.97. The minimum Gasteiger partial charge on any atom is -0.398 e. The number of aliphatic hydroxyl groups is 1. The topological polar surface area (TPSA) is 63.3 Å². The van der Waals surface area contributed by atoms with Gasteiger partial charge in [-0.05, 0) is 79.4 Å². The number of aliphatic hydroxyl groups excluding tert-OH is 1. The van der Waals surface area contributed by atoms with E-state index in [0.29, 0.717) is 16.8 Å². The van der Waals surface area contributed by atoms with Gasteiger partial charge in [0, 0.05) is 18.4 Å². The summed E-state index contributed by atoms with van der Waals surface area (Å²) in [5.41, 5.74) is 7.52. The van der Waals surface area contributed by atoms with Crippen molar-refractivity contribution in [3.05, 3.63) is 58.2 Å². The van der Waals surface area contributed by atoms with Crippen molar-refractivity contribution in [1.82, 2.24) is 0 Å². The quantitative estimate of drug-likeness (QED) is 0.241. The summed E-state index contributed by atoms with van der Waals surface area (Å²) in [5, 5.41) is 10.2. The molecule has 2 aromatic carbocycles. The van der Waals surface area contributed by atoms with Crippen LogP contribution in [0, 0.1) is 10.7 Å². The van der Waals surface area contributed by atoms with Crippen molar-refractivity contribution in [3.63, 3.8) is 0 Å². The summed E-state index contributed by atoms with van der Waals surface area (Å²) in [6.07, 6.45) is -1.17. The van der Waals surface area contributed by atoms with Crippen molar-refractivity contribution in [1.29, 1.82) is 0 Å². The molecule has 0 saturated carbocycles. The summed E-state index contributed by atoms with van der Waals surface area (Å²) in [6, 6.07) is 10.5. The third-order valence-electron chi connectivity index (χ3n) is 2.80. The summed E-state index contributed by atoms with van der Waals surface area (Å²) >= 11 is 6.43.